The number of carbonyl (C=O) groups is 1. The number of hydrogen-bond donors (Lipinski definition) is 1. The highest BCUT2D eigenvalue weighted by atomic mass is 32.2. The molecule has 6 nitrogen and oxygen atoms in total. The fourth-order valence-corrected chi connectivity index (χ4v) is 2.23. The summed E-state index contributed by atoms with van der Waals surface area (Å²) < 4.78 is 26.4. The van der Waals surface area contributed by atoms with E-state index in [0.717, 1.165) is 0 Å². The predicted octanol–water partition coefficient (Wildman–Crippen LogP) is 0.139. The third kappa shape index (κ3) is 2.87. The van der Waals surface area contributed by atoms with Crippen LogP contribution in [-0.4, -0.2) is 25.2 Å². The smallest absolute Gasteiger partial charge is 0.268 e. The maximum absolute atomic E-state index is 12.1. The first-order valence-electron chi connectivity index (χ1n) is 5.73. The highest BCUT2D eigenvalue weighted by Crippen LogP contribution is 2.14. The number of nitrogens with one attached hydrogen (secondary N) is 1. The van der Waals surface area contributed by atoms with Crippen molar-refractivity contribution in [1.29, 1.82) is 0 Å². The lowest BCUT2D eigenvalue weighted by molar-refractivity contribution is -0.728. The summed E-state index contributed by atoms with van der Waals surface area (Å²) in [6.07, 6.45) is 1.50. The van der Waals surface area contributed by atoms with E-state index in [-0.39, 0.29) is 11.3 Å². The molecule has 19 heavy (non-hydrogen) atoms. The molecule has 2 aromatic rings. The number of hydrogen-bond acceptors (Lipinski definition) is 4. The summed E-state index contributed by atoms with van der Waals surface area (Å²) in [6.45, 7) is 1.47. The number of aromatic nitrogens is 2. The number of benzene rings is 1. The van der Waals surface area contributed by atoms with E-state index in [4.69, 9.17) is 0 Å². The second kappa shape index (κ2) is 4.93. The van der Waals surface area contributed by atoms with Crippen molar-refractivity contribution in [1.82, 2.24) is 9.82 Å². The van der Waals surface area contributed by atoms with Crippen LogP contribution < -0.4 is 9.40 Å². The third-order valence-electron chi connectivity index (χ3n) is 2.65. The first-order chi connectivity index (χ1) is 8.93. The largest absolute Gasteiger partial charge is 0.271 e. The lowest BCUT2D eigenvalue weighted by atomic mass is 10.1. The van der Waals surface area contributed by atoms with Crippen molar-refractivity contribution in [3.63, 3.8) is 0 Å². The highest BCUT2D eigenvalue weighted by Gasteiger charge is 2.20. The monoisotopic (exact) mass is 280 g/mol. The lowest BCUT2D eigenvalue weighted by Crippen LogP contribution is -2.37. The Kier molecular flexibility index (Phi) is 3.48. The van der Waals surface area contributed by atoms with E-state index in [1.54, 1.807) is 31.3 Å². The zero-order valence-corrected chi connectivity index (χ0v) is 11.4. The first kappa shape index (κ1) is 13.4. The standard InChI is InChI=1S/C12H13N3O3S/c1-3-19(17,18)14-12(16)10-8-15(2)13-11-7-5-4-6-9(10)11/h4-8H,3H2,1-2H3/p+1. The molecule has 7 heteroatoms. The fourth-order valence-electron chi connectivity index (χ4n) is 1.69. The zero-order chi connectivity index (χ0) is 14.0. The Hall–Kier alpha value is -2.02. The molecular weight excluding hydrogens is 266 g/mol. The van der Waals surface area contributed by atoms with E-state index in [1.165, 1.54) is 17.8 Å². The van der Waals surface area contributed by atoms with Gasteiger partial charge in [0.2, 0.25) is 16.2 Å². The van der Waals surface area contributed by atoms with Crippen molar-refractivity contribution >= 4 is 26.8 Å². The number of sulfonamides is 1. The summed E-state index contributed by atoms with van der Waals surface area (Å²) in [5.41, 5.74) is 0.914. The molecule has 100 valence electrons. The minimum absolute atomic E-state index is 0.145. The van der Waals surface area contributed by atoms with Gasteiger partial charge in [-0.05, 0) is 18.1 Å². The summed E-state index contributed by atoms with van der Waals surface area (Å²) in [4.78, 5) is 12.1. The second-order valence-corrected chi connectivity index (χ2v) is 6.08. The van der Waals surface area contributed by atoms with Crippen LogP contribution in [-0.2, 0) is 17.1 Å². The van der Waals surface area contributed by atoms with Gasteiger partial charge in [-0.25, -0.2) is 13.1 Å². The molecule has 0 radical (unpaired) electrons. The molecule has 0 saturated carbocycles. The molecule has 1 aromatic carbocycles. The quantitative estimate of drug-likeness (QED) is 0.811. The molecule has 0 aliphatic heterocycles. The molecule has 1 heterocycles. The average Bonchev–Trinajstić information content (AvgIpc) is 2.37. The van der Waals surface area contributed by atoms with E-state index in [0.29, 0.717) is 10.9 Å². The Morgan fingerprint density at radius 3 is 2.74 bits per heavy atom. The van der Waals surface area contributed by atoms with Crippen molar-refractivity contribution in [2.24, 2.45) is 7.05 Å². The second-order valence-electron chi connectivity index (χ2n) is 4.07. The molecule has 0 fully saturated rings. The van der Waals surface area contributed by atoms with Gasteiger partial charge in [-0.2, -0.15) is 0 Å². The molecule has 0 unspecified atom stereocenters. The summed E-state index contributed by atoms with van der Waals surface area (Å²) in [5.74, 6) is -0.788. The molecule has 0 atom stereocenters. The van der Waals surface area contributed by atoms with E-state index in [2.05, 4.69) is 5.10 Å². The van der Waals surface area contributed by atoms with Gasteiger partial charge >= 0.3 is 0 Å². The van der Waals surface area contributed by atoms with Crippen LogP contribution in [0.3, 0.4) is 0 Å². The number of rotatable bonds is 3. The van der Waals surface area contributed by atoms with Gasteiger partial charge in [0.15, 0.2) is 7.05 Å². The van der Waals surface area contributed by atoms with Crippen LogP contribution in [0.2, 0.25) is 0 Å². The van der Waals surface area contributed by atoms with E-state index >= 15 is 0 Å². The molecule has 0 aliphatic carbocycles. The normalized spacial score (nSPS) is 11.5. The summed E-state index contributed by atoms with van der Waals surface area (Å²) in [7, 11) is -1.90. The Morgan fingerprint density at radius 2 is 2.05 bits per heavy atom. The third-order valence-corrected chi connectivity index (χ3v) is 3.90. The number of nitrogens with zero attached hydrogens (tertiary/aromatic N) is 2. The van der Waals surface area contributed by atoms with Gasteiger partial charge in [-0.15, -0.1) is 0 Å². The van der Waals surface area contributed by atoms with Crippen LogP contribution in [0.4, 0.5) is 0 Å². The molecule has 1 amide bonds. The topological polar surface area (TPSA) is 80.0 Å². The van der Waals surface area contributed by atoms with E-state index in [9.17, 15) is 13.2 Å². The van der Waals surface area contributed by atoms with Crippen LogP contribution in [0.25, 0.3) is 10.9 Å². The van der Waals surface area contributed by atoms with Crippen LogP contribution in [0.1, 0.15) is 17.3 Å². The van der Waals surface area contributed by atoms with Gasteiger partial charge < -0.3 is 0 Å². The Labute approximate surface area is 111 Å². The molecular formula is C12H14N3O3S+. The van der Waals surface area contributed by atoms with Crippen molar-refractivity contribution in [2.45, 2.75) is 6.92 Å². The van der Waals surface area contributed by atoms with E-state index in [1.807, 2.05) is 4.72 Å². The summed E-state index contributed by atoms with van der Waals surface area (Å²) in [6, 6.07) is 7.07. The SMILES string of the molecule is CCS(=O)(=O)NC(=O)c1c[n+](C)nc2ccccc12. The molecule has 0 bridgehead atoms. The van der Waals surface area contributed by atoms with Gasteiger partial charge in [0.25, 0.3) is 5.91 Å². The molecule has 2 rings (SSSR count). The van der Waals surface area contributed by atoms with Crippen LogP contribution in [0.15, 0.2) is 30.5 Å². The summed E-state index contributed by atoms with van der Waals surface area (Å²) in [5, 5.41) is 4.84. The Morgan fingerprint density at radius 1 is 1.37 bits per heavy atom. The van der Waals surface area contributed by atoms with Gasteiger partial charge in [0.05, 0.1) is 5.75 Å². The molecule has 1 aromatic heterocycles. The Balaban J connectivity index is 2.53. The molecule has 1 N–H and O–H groups in total. The van der Waals surface area contributed by atoms with Crippen molar-refractivity contribution < 1.29 is 17.9 Å². The highest BCUT2D eigenvalue weighted by molar-refractivity contribution is 7.90. The van der Waals surface area contributed by atoms with Crippen LogP contribution >= 0.6 is 0 Å². The first-order valence-corrected chi connectivity index (χ1v) is 7.38. The van der Waals surface area contributed by atoms with Crippen molar-refractivity contribution in [3.05, 3.63) is 36.0 Å². The van der Waals surface area contributed by atoms with Gasteiger partial charge in [-0.3, -0.25) is 4.79 Å². The average molecular weight is 280 g/mol. The minimum atomic E-state index is -3.58. The number of fused-ring (bicyclic) bond motifs is 1. The molecule has 0 aliphatic rings. The van der Waals surface area contributed by atoms with Gasteiger partial charge in [-0.1, -0.05) is 22.9 Å². The summed E-state index contributed by atoms with van der Waals surface area (Å²) >= 11 is 0. The zero-order valence-electron chi connectivity index (χ0n) is 10.6. The minimum Gasteiger partial charge on any atom is -0.268 e. The van der Waals surface area contributed by atoms with Crippen LogP contribution in [0, 0.1) is 0 Å². The molecule has 0 saturated heterocycles. The number of amides is 1. The van der Waals surface area contributed by atoms with Gasteiger partial charge in [0.1, 0.15) is 11.1 Å². The maximum Gasteiger partial charge on any atom is 0.271 e. The van der Waals surface area contributed by atoms with Crippen LogP contribution in [0.5, 0.6) is 0 Å². The molecule has 0 spiro atoms. The Bertz CT molecular complexity index is 741. The van der Waals surface area contributed by atoms with Crippen molar-refractivity contribution in [2.75, 3.05) is 5.75 Å². The van der Waals surface area contributed by atoms with Crippen molar-refractivity contribution in [3.8, 4) is 0 Å². The lowest BCUT2D eigenvalue weighted by Gasteiger charge is -2.05. The van der Waals surface area contributed by atoms with Gasteiger partial charge in [0, 0.05) is 5.39 Å². The number of carbonyl (C=O) groups excluding carboxylic acids is 1. The number of aryl methyl sites for hydroxylation is 1. The fraction of sp³-hybridized carbons (Fsp3) is 0.250. The maximum atomic E-state index is 12.1. The predicted molar refractivity (Wildman–Crippen MR) is 69.8 cm³/mol. The van der Waals surface area contributed by atoms with E-state index < -0.39 is 15.9 Å².